The Labute approximate surface area is 448 Å². The largest absolute Gasteiger partial charge is 0.307 e. The van der Waals surface area contributed by atoms with Crippen molar-refractivity contribution in [3.8, 4) is 0 Å². The Balaban J connectivity index is 1.39. The van der Waals surface area contributed by atoms with Crippen LogP contribution in [0.1, 0.15) is 83.1 Å². The highest BCUT2D eigenvalue weighted by Gasteiger charge is 2.26. The molecule has 0 aliphatic carbocycles. The Morgan fingerprint density at radius 2 is 0.333 bits per heavy atom. The molecule has 13 aromatic rings. The number of rotatable bonds is 12. The molecule has 0 aliphatic rings. The molecule has 6 heterocycles. The van der Waals surface area contributed by atoms with Crippen molar-refractivity contribution < 1.29 is 0 Å². The summed E-state index contributed by atoms with van der Waals surface area (Å²) >= 11 is 0. The molecule has 12 heteroatoms. The van der Waals surface area contributed by atoms with E-state index in [2.05, 4.69) is 119 Å². The van der Waals surface area contributed by atoms with Crippen molar-refractivity contribution in [3.63, 3.8) is 0 Å². The molecular formula is C66H66N6O6. The van der Waals surface area contributed by atoms with Crippen LogP contribution in [0.15, 0.2) is 102 Å². The fourth-order valence-corrected chi connectivity index (χ4v) is 13.4. The summed E-state index contributed by atoms with van der Waals surface area (Å²) in [5, 5.41) is 11.6. The first-order valence-electron chi connectivity index (χ1n) is 28.1. The number of nitrogens with zero attached hydrogens (tertiary/aromatic N) is 6. The van der Waals surface area contributed by atoms with Crippen molar-refractivity contribution in [3.05, 3.63) is 135 Å². The molecular weight excluding hydrogens is 973 g/mol. The van der Waals surface area contributed by atoms with Gasteiger partial charge in [0.2, 0.25) is 0 Å². The second-order valence-electron chi connectivity index (χ2n) is 25.3. The summed E-state index contributed by atoms with van der Waals surface area (Å²) in [6.07, 6.45) is 0. The second kappa shape index (κ2) is 17.3. The SMILES string of the molecule is CC(C)Cn1c(=O)c2cc3c4cc2c2cc5c(cc21)c(=O)n(CC(C)C)c1cc2c(=O)n(CC(C)C)c6cc7c(=O)n(CC(C)C)c8cc9c(=O)n(CC(C)C)c%10cc(c(=O)n3CC(C)C)c4cc%10c9cc8c7cc6c2cc51. The Hall–Kier alpha value is -7.86. The van der Waals surface area contributed by atoms with Crippen LogP contribution in [0.4, 0.5) is 0 Å². The van der Waals surface area contributed by atoms with Gasteiger partial charge in [0.15, 0.2) is 0 Å². The molecule has 0 saturated heterocycles. The average Bonchev–Trinajstić information content (AvgIpc) is 3.41. The van der Waals surface area contributed by atoms with Gasteiger partial charge in [0.05, 0.1) is 33.1 Å². The molecule has 0 saturated carbocycles. The van der Waals surface area contributed by atoms with Crippen LogP contribution in [0.5, 0.6) is 0 Å². The zero-order chi connectivity index (χ0) is 55.0. The molecule has 6 aromatic heterocycles. The van der Waals surface area contributed by atoms with Gasteiger partial charge in [-0.1, -0.05) is 83.1 Å². The first-order valence-corrected chi connectivity index (χ1v) is 28.1. The smallest absolute Gasteiger partial charge is 0.259 e. The van der Waals surface area contributed by atoms with Crippen molar-refractivity contribution in [2.24, 2.45) is 35.5 Å². The van der Waals surface area contributed by atoms with E-state index in [1.54, 1.807) is 27.4 Å². The number of pyridine rings is 6. The van der Waals surface area contributed by atoms with Crippen molar-refractivity contribution in [2.75, 3.05) is 0 Å². The zero-order valence-electron chi connectivity index (χ0n) is 46.8. The van der Waals surface area contributed by atoms with Gasteiger partial charge in [0.25, 0.3) is 33.4 Å². The fourth-order valence-electron chi connectivity index (χ4n) is 13.4. The molecule has 12 bridgehead atoms. The molecule has 0 aliphatic heterocycles. The maximum Gasteiger partial charge on any atom is 0.259 e. The summed E-state index contributed by atoms with van der Waals surface area (Å²) in [7, 11) is 0. The number of hydrogen-bond acceptors (Lipinski definition) is 6. The van der Waals surface area contributed by atoms with Gasteiger partial charge in [0.1, 0.15) is 0 Å². The van der Waals surface area contributed by atoms with Crippen molar-refractivity contribution >= 4 is 130 Å². The minimum Gasteiger partial charge on any atom is -0.307 e. The molecule has 7 aromatic carbocycles. The van der Waals surface area contributed by atoms with Crippen LogP contribution in [0.2, 0.25) is 0 Å². The minimum absolute atomic E-state index is 0.0711. The molecule has 78 heavy (non-hydrogen) atoms. The minimum atomic E-state index is -0.205. The first-order chi connectivity index (χ1) is 37.1. The molecule has 0 N–H and O–H groups in total. The first kappa shape index (κ1) is 49.7. The second-order valence-corrected chi connectivity index (χ2v) is 25.3. The zero-order valence-corrected chi connectivity index (χ0v) is 46.8. The lowest BCUT2D eigenvalue weighted by Crippen LogP contribution is -2.27. The highest BCUT2D eigenvalue weighted by molar-refractivity contribution is 6.26. The van der Waals surface area contributed by atoms with Gasteiger partial charge in [-0.3, -0.25) is 28.8 Å². The molecule has 0 unspecified atom stereocenters. The quantitative estimate of drug-likeness (QED) is 0.0884. The number of benzene rings is 6. The highest BCUT2D eigenvalue weighted by Crippen LogP contribution is 2.41. The van der Waals surface area contributed by atoms with Crippen LogP contribution in [0, 0.1) is 35.5 Å². The van der Waals surface area contributed by atoms with Crippen LogP contribution in [0.25, 0.3) is 130 Å². The van der Waals surface area contributed by atoms with Crippen molar-refractivity contribution in [2.45, 2.75) is 122 Å². The Bertz CT molecular complexity index is 4300. The summed E-state index contributed by atoms with van der Waals surface area (Å²) in [6, 6.07) is 23.9. The van der Waals surface area contributed by atoms with E-state index in [0.717, 1.165) is 32.3 Å². The average molecular weight is 1040 g/mol. The Morgan fingerprint density at radius 1 is 0.205 bits per heavy atom. The van der Waals surface area contributed by atoms with E-state index in [1.165, 1.54) is 0 Å². The van der Waals surface area contributed by atoms with Crippen LogP contribution in [-0.2, 0) is 39.3 Å². The van der Waals surface area contributed by atoms with Crippen LogP contribution >= 0.6 is 0 Å². The maximum absolute atomic E-state index is 15.4. The molecule has 0 atom stereocenters. The van der Waals surface area contributed by atoms with E-state index >= 15 is 28.8 Å². The normalized spacial score (nSPS) is 13.2. The van der Waals surface area contributed by atoms with Gasteiger partial charge < -0.3 is 27.4 Å². The summed E-state index contributed by atoms with van der Waals surface area (Å²) in [5.74, 6) is 0.427. The lowest BCUT2D eigenvalue weighted by molar-refractivity contribution is 0.523. The lowest BCUT2D eigenvalue weighted by atomic mass is 9.92. The lowest BCUT2D eigenvalue weighted by Gasteiger charge is -2.22. The summed E-state index contributed by atoms with van der Waals surface area (Å²) < 4.78 is 10.8. The Kier molecular flexibility index (Phi) is 11.0. The molecule has 0 amide bonds. The third-order valence-corrected chi connectivity index (χ3v) is 16.4. The van der Waals surface area contributed by atoms with Crippen LogP contribution in [0.3, 0.4) is 0 Å². The molecule has 0 radical (unpaired) electrons. The van der Waals surface area contributed by atoms with E-state index in [9.17, 15) is 0 Å². The van der Waals surface area contributed by atoms with Gasteiger partial charge in [-0.25, -0.2) is 0 Å². The molecule has 0 spiro atoms. The van der Waals surface area contributed by atoms with E-state index < -0.39 is 0 Å². The van der Waals surface area contributed by atoms with E-state index in [0.29, 0.717) is 137 Å². The van der Waals surface area contributed by atoms with E-state index in [4.69, 9.17) is 0 Å². The molecule has 13 rings (SSSR count). The fraction of sp³-hybridized carbons (Fsp3) is 0.364. The van der Waals surface area contributed by atoms with Gasteiger partial charge in [-0.05, 0) is 141 Å². The third-order valence-electron chi connectivity index (χ3n) is 16.4. The monoisotopic (exact) mass is 1040 g/mol. The maximum atomic E-state index is 15.4. The van der Waals surface area contributed by atoms with E-state index in [1.807, 2.05) is 36.4 Å². The molecule has 0 fully saturated rings. The van der Waals surface area contributed by atoms with Crippen molar-refractivity contribution in [1.82, 2.24) is 27.4 Å². The van der Waals surface area contributed by atoms with Gasteiger partial charge in [0, 0.05) is 104 Å². The Morgan fingerprint density at radius 3 is 0.449 bits per heavy atom. The molecule has 396 valence electrons. The van der Waals surface area contributed by atoms with Crippen LogP contribution < -0.4 is 33.4 Å². The highest BCUT2D eigenvalue weighted by atomic mass is 16.2. The standard InChI is InChI=1S/C66H66N6O6/c1-31(2)25-67-55-19-50-38-13-43(55)37-14-44-39-16-46-41-18-48-42-17-47-40-15-45(38)57(69(62(50)74)27-33(5)6)21-52(40)64(76)71(29-35(9)10)59(47)23-54(42)66(78)72(30-36(11)12)60(48)24-53(41)65(77)70(28-34(7)8)58(46)22-51(39)63(75)68(26-32(3)4)56(44)20-49(37)61(67)73/h13-24,31-36H,25-30H2,1-12H3. The predicted molar refractivity (Wildman–Crippen MR) is 325 cm³/mol. The number of aromatic nitrogens is 6. The third kappa shape index (κ3) is 7.09. The summed E-state index contributed by atoms with van der Waals surface area (Å²) in [4.78, 5) is 92.4. The summed E-state index contributed by atoms with van der Waals surface area (Å²) in [6.45, 7) is 27.2. The van der Waals surface area contributed by atoms with Gasteiger partial charge >= 0.3 is 0 Å². The topological polar surface area (TPSA) is 132 Å². The van der Waals surface area contributed by atoms with E-state index in [-0.39, 0.29) is 68.9 Å². The van der Waals surface area contributed by atoms with Gasteiger partial charge in [-0.2, -0.15) is 0 Å². The predicted octanol–water partition coefficient (Wildman–Crippen LogP) is 12.7. The van der Waals surface area contributed by atoms with Crippen molar-refractivity contribution in [1.29, 1.82) is 0 Å². The van der Waals surface area contributed by atoms with Gasteiger partial charge in [-0.15, -0.1) is 0 Å². The van der Waals surface area contributed by atoms with Crippen LogP contribution in [-0.4, -0.2) is 27.4 Å². The number of hydrogen-bond donors (Lipinski definition) is 0. The molecule has 12 nitrogen and oxygen atoms in total. The summed E-state index contributed by atoms with van der Waals surface area (Å²) in [5.41, 5.74) is 2.59.